The van der Waals surface area contributed by atoms with Crippen LogP contribution in [0.3, 0.4) is 0 Å². The molecule has 0 aromatic carbocycles. The largest absolute Gasteiger partial charge is 0.384 e. The maximum absolute atomic E-state index is 5.00. The smallest absolute Gasteiger partial charge is 0.0493 e. The van der Waals surface area contributed by atoms with E-state index in [1.165, 1.54) is 19.3 Å². The van der Waals surface area contributed by atoms with Crippen molar-refractivity contribution in [3.63, 3.8) is 0 Å². The molecule has 1 atom stereocenters. The predicted molar refractivity (Wildman–Crippen MR) is 38.1 cm³/mol. The fraction of sp³-hybridized carbons (Fsp3) is 0.875. The minimum absolute atomic E-state index is 0.545. The summed E-state index contributed by atoms with van der Waals surface area (Å²) in [7, 11) is 1.75. The first-order valence-corrected chi connectivity index (χ1v) is 3.66. The Balaban J connectivity index is 2.08. The number of hydrogen-bond acceptors (Lipinski definition) is 1. The number of rotatable bonds is 3. The highest BCUT2D eigenvalue weighted by molar-refractivity contribution is 4.78. The lowest BCUT2D eigenvalue weighted by Gasteiger charge is -2.30. The molecule has 0 aromatic rings. The molecule has 0 heterocycles. The zero-order valence-corrected chi connectivity index (χ0v) is 6.10. The van der Waals surface area contributed by atoms with Crippen molar-refractivity contribution in [3.05, 3.63) is 6.92 Å². The van der Waals surface area contributed by atoms with Crippen LogP contribution < -0.4 is 0 Å². The summed E-state index contributed by atoms with van der Waals surface area (Å²) in [5, 5.41) is 0. The third kappa shape index (κ3) is 1.68. The molecule has 0 amide bonds. The van der Waals surface area contributed by atoms with Gasteiger partial charge in [-0.25, -0.2) is 0 Å². The second-order valence-electron chi connectivity index (χ2n) is 2.91. The van der Waals surface area contributed by atoms with Crippen LogP contribution in [-0.4, -0.2) is 13.7 Å². The number of hydrogen-bond donors (Lipinski definition) is 0. The lowest BCUT2D eigenvalue weighted by atomic mass is 9.77. The van der Waals surface area contributed by atoms with E-state index >= 15 is 0 Å². The minimum atomic E-state index is 0.545. The van der Waals surface area contributed by atoms with Crippen LogP contribution in [0, 0.1) is 18.8 Å². The molecule has 0 N–H and O–H groups in total. The van der Waals surface area contributed by atoms with Crippen molar-refractivity contribution >= 4 is 0 Å². The Morgan fingerprint density at radius 3 is 2.67 bits per heavy atom. The lowest BCUT2D eigenvalue weighted by molar-refractivity contribution is 0.112. The van der Waals surface area contributed by atoms with Crippen LogP contribution in [0.15, 0.2) is 0 Å². The van der Waals surface area contributed by atoms with Gasteiger partial charge in [-0.1, -0.05) is 19.3 Å². The summed E-state index contributed by atoms with van der Waals surface area (Å²) < 4.78 is 5.00. The Hall–Kier alpha value is -0.0400. The molecule has 0 aliphatic heterocycles. The van der Waals surface area contributed by atoms with Gasteiger partial charge in [0, 0.05) is 13.7 Å². The fourth-order valence-electron chi connectivity index (χ4n) is 1.26. The van der Waals surface area contributed by atoms with Crippen molar-refractivity contribution in [1.82, 2.24) is 0 Å². The molecule has 53 valence electrons. The van der Waals surface area contributed by atoms with Crippen molar-refractivity contribution in [2.24, 2.45) is 11.8 Å². The van der Waals surface area contributed by atoms with Gasteiger partial charge >= 0.3 is 0 Å². The maximum atomic E-state index is 5.00. The van der Waals surface area contributed by atoms with Gasteiger partial charge < -0.3 is 4.74 Å². The van der Waals surface area contributed by atoms with Crippen LogP contribution in [-0.2, 0) is 4.74 Å². The summed E-state index contributed by atoms with van der Waals surface area (Å²) in [6, 6.07) is 0. The Labute approximate surface area is 57.4 Å². The van der Waals surface area contributed by atoms with Gasteiger partial charge in [0.2, 0.25) is 0 Å². The van der Waals surface area contributed by atoms with Crippen LogP contribution in [0.1, 0.15) is 19.3 Å². The monoisotopic (exact) mass is 127 g/mol. The number of ether oxygens (including phenoxy) is 1. The van der Waals surface area contributed by atoms with E-state index in [-0.39, 0.29) is 0 Å². The molecule has 1 aliphatic carbocycles. The van der Waals surface area contributed by atoms with Crippen LogP contribution in [0.4, 0.5) is 0 Å². The molecule has 1 nitrogen and oxygen atoms in total. The van der Waals surface area contributed by atoms with Gasteiger partial charge in [-0.15, -0.1) is 0 Å². The van der Waals surface area contributed by atoms with E-state index in [1.807, 2.05) is 0 Å². The average Bonchev–Trinajstić information content (AvgIpc) is 1.60. The standard InChI is InChI=1S/C8H15O/c1-7(6-9-2)8-4-3-5-8/h7-8H,1,3-6H2,2H3. The second kappa shape index (κ2) is 3.21. The Bertz CT molecular complexity index is 76.6. The van der Waals surface area contributed by atoms with E-state index in [9.17, 15) is 0 Å². The van der Waals surface area contributed by atoms with Crippen LogP contribution >= 0.6 is 0 Å². The van der Waals surface area contributed by atoms with Crippen LogP contribution in [0.5, 0.6) is 0 Å². The highest BCUT2D eigenvalue weighted by atomic mass is 16.5. The molecule has 1 unspecified atom stereocenters. The molecule has 1 heteroatoms. The van der Waals surface area contributed by atoms with Crippen molar-refractivity contribution in [2.75, 3.05) is 13.7 Å². The first-order chi connectivity index (χ1) is 4.34. The first kappa shape index (κ1) is 7.07. The van der Waals surface area contributed by atoms with Crippen molar-refractivity contribution in [1.29, 1.82) is 0 Å². The van der Waals surface area contributed by atoms with E-state index in [0.717, 1.165) is 12.5 Å². The molecular weight excluding hydrogens is 112 g/mol. The van der Waals surface area contributed by atoms with Crippen molar-refractivity contribution < 1.29 is 4.74 Å². The third-order valence-electron chi connectivity index (χ3n) is 2.20. The molecule has 0 spiro atoms. The van der Waals surface area contributed by atoms with Crippen LogP contribution in [0.25, 0.3) is 0 Å². The van der Waals surface area contributed by atoms with E-state index in [2.05, 4.69) is 6.92 Å². The lowest BCUT2D eigenvalue weighted by Crippen LogP contribution is -2.23. The Kier molecular flexibility index (Phi) is 2.52. The second-order valence-corrected chi connectivity index (χ2v) is 2.91. The summed E-state index contributed by atoms with van der Waals surface area (Å²) in [6.45, 7) is 4.86. The van der Waals surface area contributed by atoms with E-state index in [4.69, 9.17) is 4.74 Å². The van der Waals surface area contributed by atoms with Gasteiger partial charge in [-0.05, 0) is 18.8 Å². The molecule has 1 aliphatic rings. The summed E-state index contributed by atoms with van der Waals surface area (Å²) in [5.41, 5.74) is 0. The summed E-state index contributed by atoms with van der Waals surface area (Å²) >= 11 is 0. The van der Waals surface area contributed by atoms with Crippen LogP contribution in [0.2, 0.25) is 0 Å². The molecule has 1 saturated carbocycles. The maximum Gasteiger partial charge on any atom is 0.0493 e. The normalized spacial score (nSPS) is 23.3. The molecule has 1 radical (unpaired) electrons. The Morgan fingerprint density at radius 2 is 2.33 bits per heavy atom. The predicted octanol–water partition coefficient (Wildman–Crippen LogP) is 1.88. The van der Waals surface area contributed by atoms with Gasteiger partial charge in [0.15, 0.2) is 0 Å². The Morgan fingerprint density at radius 1 is 1.67 bits per heavy atom. The highest BCUT2D eigenvalue weighted by Crippen LogP contribution is 2.32. The molecule has 9 heavy (non-hydrogen) atoms. The third-order valence-corrected chi connectivity index (χ3v) is 2.20. The molecule has 0 bridgehead atoms. The molecule has 0 aromatic heterocycles. The van der Waals surface area contributed by atoms with Gasteiger partial charge in [0.25, 0.3) is 0 Å². The average molecular weight is 127 g/mol. The van der Waals surface area contributed by atoms with Crippen molar-refractivity contribution in [3.8, 4) is 0 Å². The molecule has 1 rings (SSSR count). The summed E-state index contributed by atoms with van der Waals surface area (Å²) in [4.78, 5) is 0. The quantitative estimate of drug-likeness (QED) is 0.562. The van der Waals surface area contributed by atoms with E-state index < -0.39 is 0 Å². The van der Waals surface area contributed by atoms with Crippen molar-refractivity contribution in [2.45, 2.75) is 19.3 Å². The SMILES string of the molecule is [CH2]C(COC)C1CCC1. The topological polar surface area (TPSA) is 9.23 Å². The first-order valence-electron chi connectivity index (χ1n) is 3.66. The zero-order valence-electron chi connectivity index (χ0n) is 6.10. The molecular formula is C8H15O. The van der Waals surface area contributed by atoms with Gasteiger partial charge in [0.1, 0.15) is 0 Å². The highest BCUT2D eigenvalue weighted by Gasteiger charge is 2.23. The minimum Gasteiger partial charge on any atom is -0.384 e. The zero-order chi connectivity index (χ0) is 6.69. The molecule has 1 fully saturated rings. The summed E-state index contributed by atoms with van der Waals surface area (Å²) in [5.74, 6) is 1.41. The number of methoxy groups -OCH3 is 1. The molecule has 0 saturated heterocycles. The van der Waals surface area contributed by atoms with E-state index in [1.54, 1.807) is 7.11 Å². The van der Waals surface area contributed by atoms with E-state index in [0.29, 0.717) is 5.92 Å². The van der Waals surface area contributed by atoms with Gasteiger partial charge in [0.05, 0.1) is 0 Å². The van der Waals surface area contributed by atoms with Gasteiger partial charge in [-0.3, -0.25) is 0 Å². The fourth-order valence-corrected chi connectivity index (χ4v) is 1.26. The summed E-state index contributed by atoms with van der Waals surface area (Å²) in [6.07, 6.45) is 4.15. The van der Waals surface area contributed by atoms with Gasteiger partial charge in [-0.2, -0.15) is 0 Å².